The SMILES string of the molecule is CNCCNC(=O)c1ccccc1Cl.Cl. The van der Waals surface area contributed by atoms with Crippen molar-refractivity contribution in [2.45, 2.75) is 0 Å². The van der Waals surface area contributed by atoms with E-state index in [1.54, 1.807) is 24.3 Å². The highest BCUT2D eigenvalue weighted by molar-refractivity contribution is 6.33. The Kier molecular flexibility index (Phi) is 7.13. The Morgan fingerprint density at radius 2 is 2.00 bits per heavy atom. The Morgan fingerprint density at radius 3 is 2.60 bits per heavy atom. The summed E-state index contributed by atoms with van der Waals surface area (Å²) in [6.07, 6.45) is 0. The van der Waals surface area contributed by atoms with Crippen molar-refractivity contribution in [2.24, 2.45) is 0 Å². The molecule has 0 aromatic heterocycles. The van der Waals surface area contributed by atoms with Crippen molar-refractivity contribution in [1.29, 1.82) is 0 Å². The summed E-state index contributed by atoms with van der Waals surface area (Å²) in [5.41, 5.74) is 0.519. The van der Waals surface area contributed by atoms with Crippen molar-refractivity contribution in [3.63, 3.8) is 0 Å². The first kappa shape index (κ1) is 14.2. The summed E-state index contributed by atoms with van der Waals surface area (Å²) in [6, 6.07) is 7.00. The highest BCUT2D eigenvalue weighted by Gasteiger charge is 2.07. The third-order valence-electron chi connectivity index (χ3n) is 1.78. The maximum absolute atomic E-state index is 11.5. The van der Waals surface area contributed by atoms with Crippen molar-refractivity contribution in [2.75, 3.05) is 20.1 Å². The molecule has 0 atom stereocenters. The van der Waals surface area contributed by atoms with E-state index in [2.05, 4.69) is 10.6 Å². The standard InChI is InChI=1S/C10H13ClN2O.ClH/c1-12-6-7-13-10(14)8-4-2-3-5-9(8)11;/h2-5,12H,6-7H2,1H3,(H,13,14);1H. The van der Waals surface area contributed by atoms with Crippen LogP contribution in [0.2, 0.25) is 5.02 Å². The summed E-state index contributed by atoms with van der Waals surface area (Å²) in [4.78, 5) is 11.5. The van der Waals surface area contributed by atoms with Crippen LogP contribution in [0.5, 0.6) is 0 Å². The summed E-state index contributed by atoms with van der Waals surface area (Å²) in [7, 11) is 1.83. The Balaban J connectivity index is 0.00000196. The lowest BCUT2D eigenvalue weighted by Gasteiger charge is -2.05. The first-order valence-electron chi connectivity index (χ1n) is 4.43. The number of halogens is 2. The van der Waals surface area contributed by atoms with Gasteiger partial charge in [0.25, 0.3) is 5.91 Å². The number of rotatable bonds is 4. The molecule has 1 rings (SSSR count). The minimum atomic E-state index is -0.133. The van der Waals surface area contributed by atoms with Gasteiger partial charge in [0.1, 0.15) is 0 Å². The summed E-state index contributed by atoms with van der Waals surface area (Å²) >= 11 is 5.86. The minimum Gasteiger partial charge on any atom is -0.351 e. The molecule has 0 heterocycles. The summed E-state index contributed by atoms with van der Waals surface area (Å²) in [5, 5.41) is 6.18. The third-order valence-corrected chi connectivity index (χ3v) is 2.11. The van der Waals surface area contributed by atoms with Gasteiger partial charge >= 0.3 is 0 Å². The fourth-order valence-electron chi connectivity index (χ4n) is 1.04. The Hall–Kier alpha value is -0.770. The Labute approximate surface area is 101 Å². The number of likely N-dealkylation sites (N-methyl/N-ethyl adjacent to an activating group) is 1. The van der Waals surface area contributed by atoms with E-state index >= 15 is 0 Å². The number of carbonyl (C=O) groups excluding carboxylic acids is 1. The van der Waals surface area contributed by atoms with Crippen molar-refractivity contribution < 1.29 is 4.79 Å². The highest BCUT2D eigenvalue weighted by atomic mass is 35.5. The van der Waals surface area contributed by atoms with Crippen molar-refractivity contribution in [1.82, 2.24) is 10.6 Å². The Bertz CT molecular complexity index is 318. The third kappa shape index (κ3) is 4.51. The van der Waals surface area contributed by atoms with Gasteiger partial charge in [0.15, 0.2) is 0 Å². The fraction of sp³-hybridized carbons (Fsp3) is 0.300. The molecule has 0 spiro atoms. The molecule has 0 bridgehead atoms. The van der Waals surface area contributed by atoms with Crippen LogP contribution in [0, 0.1) is 0 Å². The monoisotopic (exact) mass is 248 g/mol. The zero-order valence-corrected chi connectivity index (χ0v) is 9.99. The zero-order chi connectivity index (χ0) is 10.4. The van der Waals surface area contributed by atoms with Gasteiger partial charge in [-0.3, -0.25) is 4.79 Å². The molecule has 0 unspecified atom stereocenters. The molecule has 1 amide bonds. The smallest absolute Gasteiger partial charge is 0.252 e. The predicted octanol–water partition coefficient (Wildman–Crippen LogP) is 1.71. The number of amides is 1. The molecule has 84 valence electrons. The van der Waals surface area contributed by atoms with E-state index < -0.39 is 0 Å². The number of hydrogen-bond donors (Lipinski definition) is 2. The second-order valence-corrected chi connectivity index (χ2v) is 3.25. The highest BCUT2D eigenvalue weighted by Crippen LogP contribution is 2.14. The van der Waals surface area contributed by atoms with E-state index in [-0.39, 0.29) is 18.3 Å². The van der Waals surface area contributed by atoms with Crippen LogP contribution in [0.25, 0.3) is 0 Å². The van der Waals surface area contributed by atoms with E-state index in [4.69, 9.17) is 11.6 Å². The molecule has 2 N–H and O–H groups in total. The van der Waals surface area contributed by atoms with Gasteiger partial charge in [-0.05, 0) is 19.2 Å². The summed E-state index contributed by atoms with van der Waals surface area (Å²) in [5.74, 6) is -0.133. The average Bonchev–Trinajstić information content (AvgIpc) is 2.18. The molecule has 0 radical (unpaired) electrons. The predicted molar refractivity (Wildman–Crippen MR) is 65.0 cm³/mol. The number of hydrogen-bond acceptors (Lipinski definition) is 2. The molecule has 1 aromatic rings. The lowest BCUT2D eigenvalue weighted by Crippen LogP contribution is -2.30. The second kappa shape index (κ2) is 7.51. The molecule has 5 heteroatoms. The van der Waals surface area contributed by atoms with Crippen molar-refractivity contribution in [3.05, 3.63) is 34.9 Å². The first-order valence-corrected chi connectivity index (χ1v) is 4.81. The van der Waals surface area contributed by atoms with Crippen LogP contribution in [-0.2, 0) is 0 Å². The van der Waals surface area contributed by atoms with Crippen LogP contribution < -0.4 is 10.6 Å². The van der Waals surface area contributed by atoms with Crippen LogP contribution in [0.3, 0.4) is 0 Å². The van der Waals surface area contributed by atoms with E-state index in [0.29, 0.717) is 17.1 Å². The largest absolute Gasteiger partial charge is 0.351 e. The van der Waals surface area contributed by atoms with E-state index in [1.807, 2.05) is 7.05 Å². The van der Waals surface area contributed by atoms with Gasteiger partial charge in [-0.1, -0.05) is 23.7 Å². The maximum Gasteiger partial charge on any atom is 0.252 e. The van der Waals surface area contributed by atoms with Crippen LogP contribution in [-0.4, -0.2) is 26.0 Å². The summed E-state index contributed by atoms with van der Waals surface area (Å²) in [6.45, 7) is 1.34. The van der Waals surface area contributed by atoms with Gasteiger partial charge in [-0.2, -0.15) is 0 Å². The molecule has 0 fully saturated rings. The van der Waals surface area contributed by atoms with Crippen LogP contribution >= 0.6 is 24.0 Å². The molecule has 1 aromatic carbocycles. The van der Waals surface area contributed by atoms with Gasteiger partial charge in [0.05, 0.1) is 10.6 Å². The quantitative estimate of drug-likeness (QED) is 0.797. The normalized spacial score (nSPS) is 9.20. The molecular formula is C10H14Cl2N2O. The molecule has 3 nitrogen and oxygen atoms in total. The molecule has 0 saturated carbocycles. The number of carbonyl (C=O) groups is 1. The molecule has 0 aliphatic heterocycles. The molecule has 0 aliphatic carbocycles. The lowest BCUT2D eigenvalue weighted by molar-refractivity contribution is 0.0954. The summed E-state index contributed by atoms with van der Waals surface area (Å²) < 4.78 is 0. The zero-order valence-electron chi connectivity index (χ0n) is 8.42. The lowest BCUT2D eigenvalue weighted by atomic mass is 10.2. The molecule has 0 saturated heterocycles. The van der Waals surface area contributed by atoms with Crippen molar-refractivity contribution in [3.8, 4) is 0 Å². The van der Waals surface area contributed by atoms with Crippen LogP contribution in [0.15, 0.2) is 24.3 Å². The van der Waals surface area contributed by atoms with E-state index in [9.17, 15) is 4.79 Å². The Morgan fingerprint density at radius 1 is 1.33 bits per heavy atom. The van der Waals surface area contributed by atoms with Gasteiger partial charge in [0, 0.05) is 13.1 Å². The van der Waals surface area contributed by atoms with Crippen LogP contribution in [0.1, 0.15) is 10.4 Å². The number of benzene rings is 1. The van der Waals surface area contributed by atoms with E-state index in [0.717, 1.165) is 6.54 Å². The average molecular weight is 249 g/mol. The van der Waals surface area contributed by atoms with Gasteiger partial charge in [0.2, 0.25) is 0 Å². The molecular weight excluding hydrogens is 235 g/mol. The molecule has 15 heavy (non-hydrogen) atoms. The van der Waals surface area contributed by atoms with Crippen LogP contribution in [0.4, 0.5) is 0 Å². The fourth-order valence-corrected chi connectivity index (χ4v) is 1.26. The second-order valence-electron chi connectivity index (χ2n) is 2.84. The minimum absolute atomic E-state index is 0. The number of nitrogens with one attached hydrogen (secondary N) is 2. The maximum atomic E-state index is 11.5. The van der Waals surface area contributed by atoms with Gasteiger partial charge in [-0.25, -0.2) is 0 Å². The topological polar surface area (TPSA) is 41.1 Å². The van der Waals surface area contributed by atoms with Gasteiger partial charge < -0.3 is 10.6 Å². The van der Waals surface area contributed by atoms with Gasteiger partial charge in [-0.15, -0.1) is 12.4 Å². The molecule has 0 aliphatic rings. The van der Waals surface area contributed by atoms with Crippen molar-refractivity contribution >= 4 is 29.9 Å². The first-order chi connectivity index (χ1) is 6.75. The van der Waals surface area contributed by atoms with E-state index in [1.165, 1.54) is 0 Å².